The van der Waals surface area contributed by atoms with Crippen LogP contribution in [0.5, 0.6) is 0 Å². The summed E-state index contributed by atoms with van der Waals surface area (Å²) in [4.78, 5) is 0. The molecule has 0 aromatic heterocycles. The molecule has 0 radical (unpaired) electrons. The summed E-state index contributed by atoms with van der Waals surface area (Å²) in [5, 5.41) is 0. The normalized spacial score (nSPS) is 65.7. The summed E-state index contributed by atoms with van der Waals surface area (Å²) >= 11 is 0. The van der Waals surface area contributed by atoms with Gasteiger partial charge in [-0.1, -0.05) is 0 Å². The SMILES string of the molecule is Cl.Cl.NC12CC3C4CC5(N)CC3C(C1)C(C5)C4C2. The molecule has 0 atom stereocenters. The minimum atomic E-state index is 0. The van der Waals surface area contributed by atoms with Gasteiger partial charge in [0.2, 0.25) is 0 Å². The summed E-state index contributed by atoms with van der Waals surface area (Å²) in [7, 11) is 0. The van der Waals surface area contributed by atoms with Gasteiger partial charge < -0.3 is 11.5 Å². The van der Waals surface area contributed by atoms with Gasteiger partial charge in [0.1, 0.15) is 0 Å². The Morgan fingerprint density at radius 3 is 0.833 bits per heavy atom. The fraction of sp³-hybridized carbons (Fsp3) is 1.00. The Hall–Kier alpha value is 0.500. The van der Waals surface area contributed by atoms with E-state index in [9.17, 15) is 0 Å². The van der Waals surface area contributed by atoms with Crippen LogP contribution in [0.4, 0.5) is 0 Å². The van der Waals surface area contributed by atoms with Crippen molar-refractivity contribution in [3.05, 3.63) is 0 Å². The average Bonchev–Trinajstić information content (AvgIpc) is 2.22. The van der Waals surface area contributed by atoms with Gasteiger partial charge in [-0.05, 0) is 74.0 Å². The largest absolute Gasteiger partial charge is 0.325 e. The maximum Gasteiger partial charge on any atom is 0.0162 e. The lowest BCUT2D eigenvalue weighted by Gasteiger charge is -2.73. The van der Waals surface area contributed by atoms with E-state index >= 15 is 0 Å². The van der Waals surface area contributed by atoms with Gasteiger partial charge in [-0.2, -0.15) is 0 Å². The number of hydrogen-bond acceptors (Lipinski definition) is 2. The Morgan fingerprint density at radius 1 is 0.500 bits per heavy atom. The zero-order valence-corrected chi connectivity index (χ0v) is 12.3. The molecule has 7 aliphatic rings. The molecule has 4 N–H and O–H groups in total. The summed E-state index contributed by atoms with van der Waals surface area (Å²) in [5.41, 5.74) is 13.7. The molecule has 7 saturated carbocycles. The first kappa shape index (κ1) is 13.5. The van der Waals surface area contributed by atoms with Gasteiger partial charge in [0.15, 0.2) is 0 Å². The van der Waals surface area contributed by atoms with E-state index in [0.717, 1.165) is 35.5 Å². The van der Waals surface area contributed by atoms with Crippen molar-refractivity contribution in [3.8, 4) is 0 Å². The maximum atomic E-state index is 6.61. The van der Waals surface area contributed by atoms with Crippen LogP contribution in [0.25, 0.3) is 0 Å². The highest BCUT2D eigenvalue weighted by atomic mass is 35.5. The predicted octanol–water partition coefficient (Wildman–Crippen LogP) is 2.33. The Labute approximate surface area is 121 Å². The summed E-state index contributed by atoms with van der Waals surface area (Å²) in [5.74, 6) is 5.81. The van der Waals surface area contributed by atoms with E-state index in [4.69, 9.17) is 11.5 Å². The molecule has 0 aromatic carbocycles. The molecule has 0 aliphatic heterocycles. The second-order valence-corrected chi connectivity index (χ2v) is 7.93. The quantitative estimate of drug-likeness (QED) is 0.719. The molecule has 4 heteroatoms. The second kappa shape index (κ2) is 3.58. The fourth-order valence-electron chi connectivity index (χ4n) is 7.04. The number of rotatable bonds is 0. The van der Waals surface area contributed by atoms with Crippen LogP contribution in [-0.4, -0.2) is 11.1 Å². The van der Waals surface area contributed by atoms with Crippen molar-refractivity contribution in [2.24, 2.45) is 47.0 Å². The van der Waals surface area contributed by atoms with Crippen LogP contribution in [0, 0.1) is 35.5 Å². The van der Waals surface area contributed by atoms with E-state index in [0.29, 0.717) is 0 Å². The molecule has 0 saturated heterocycles. The Bertz CT molecular complexity index is 285. The molecule has 8 bridgehead atoms. The molecule has 7 aliphatic carbocycles. The monoisotopic (exact) mass is 290 g/mol. The van der Waals surface area contributed by atoms with Gasteiger partial charge in [-0.3, -0.25) is 0 Å². The molecule has 2 nitrogen and oxygen atoms in total. The van der Waals surface area contributed by atoms with Gasteiger partial charge >= 0.3 is 0 Å². The molecule has 0 unspecified atom stereocenters. The molecule has 0 amide bonds. The highest BCUT2D eigenvalue weighted by Gasteiger charge is 2.68. The van der Waals surface area contributed by atoms with Crippen molar-refractivity contribution in [2.75, 3.05) is 0 Å². The van der Waals surface area contributed by atoms with Gasteiger partial charge in [0, 0.05) is 11.1 Å². The van der Waals surface area contributed by atoms with Crippen molar-refractivity contribution in [1.29, 1.82) is 0 Å². The van der Waals surface area contributed by atoms with Gasteiger partial charge in [-0.25, -0.2) is 0 Å². The van der Waals surface area contributed by atoms with Crippen LogP contribution in [0.15, 0.2) is 0 Å². The third-order valence-corrected chi connectivity index (χ3v) is 7.15. The topological polar surface area (TPSA) is 52.0 Å². The van der Waals surface area contributed by atoms with Crippen LogP contribution in [0.1, 0.15) is 38.5 Å². The minimum Gasteiger partial charge on any atom is -0.325 e. The second-order valence-electron chi connectivity index (χ2n) is 7.93. The van der Waals surface area contributed by atoms with Crippen molar-refractivity contribution in [3.63, 3.8) is 0 Å². The first-order valence-corrected chi connectivity index (χ1v) is 7.15. The van der Waals surface area contributed by atoms with Gasteiger partial charge in [0.25, 0.3) is 0 Å². The van der Waals surface area contributed by atoms with E-state index in [2.05, 4.69) is 0 Å². The van der Waals surface area contributed by atoms with Crippen molar-refractivity contribution in [1.82, 2.24) is 0 Å². The molecule has 0 heterocycles. The molecular formula is C14H24Cl2N2. The third-order valence-electron chi connectivity index (χ3n) is 7.15. The molecule has 7 rings (SSSR count). The van der Waals surface area contributed by atoms with Crippen LogP contribution in [0.3, 0.4) is 0 Å². The van der Waals surface area contributed by atoms with E-state index in [1.807, 2.05) is 0 Å². The number of hydrogen-bond donors (Lipinski definition) is 2. The smallest absolute Gasteiger partial charge is 0.0162 e. The van der Waals surface area contributed by atoms with E-state index in [1.165, 1.54) is 38.5 Å². The number of halogens is 2. The predicted molar refractivity (Wildman–Crippen MR) is 77.0 cm³/mol. The molecule has 18 heavy (non-hydrogen) atoms. The van der Waals surface area contributed by atoms with Crippen LogP contribution in [0.2, 0.25) is 0 Å². The third kappa shape index (κ3) is 1.33. The average molecular weight is 291 g/mol. The highest BCUT2D eigenvalue weighted by molar-refractivity contribution is 5.85. The molecule has 0 spiro atoms. The van der Waals surface area contributed by atoms with Crippen molar-refractivity contribution < 1.29 is 0 Å². The minimum absolute atomic E-state index is 0. The first-order chi connectivity index (χ1) is 7.57. The summed E-state index contributed by atoms with van der Waals surface area (Å²) in [6.45, 7) is 0. The standard InChI is InChI=1S/C14H22N2.2ClH/c15-13-1-7-8-4-14(16)5-9(7)11(3-13)12(6-14)10(8)2-13;;/h7-12H,1-6,15-16H2;2*1H. The van der Waals surface area contributed by atoms with Crippen molar-refractivity contribution in [2.45, 2.75) is 49.6 Å². The zero-order chi connectivity index (χ0) is 10.7. The van der Waals surface area contributed by atoms with Gasteiger partial charge in [-0.15, -0.1) is 24.8 Å². The van der Waals surface area contributed by atoms with Gasteiger partial charge in [0.05, 0.1) is 0 Å². The van der Waals surface area contributed by atoms with E-state index in [1.54, 1.807) is 0 Å². The summed E-state index contributed by atoms with van der Waals surface area (Å²) in [6.07, 6.45) is 7.99. The fourth-order valence-corrected chi connectivity index (χ4v) is 7.04. The maximum absolute atomic E-state index is 6.61. The van der Waals surface area contributed by atoms with E-state index in [-0.39, 0.29) is 35.9 Å². The Morgan fingerprint density at radius 2 is 0.667 bits per heavy atom. The lowest BCUT2D eigenvalue weighted by atomic mass is 9.33. The molecule has 7 fully saturated rings. The lowest BCUT2D eigenvalue weighted by Crippen LogP contribution is -2.74. The Kier molecular flexibility index (Phi) is 2.68. The summed E-state index contributed by atoms with van der Waals surface area (Å²) in [6, 6.07) is 0. The zero-order valence-electron chi connectivity index (χ0n) is 10.7. The molecule has 0 aromatic rings. The van der Waals surface area contributed by atoms with Crippen LogP contribution in [-0.2, 0) is 0 Å². The summed E-state index contributed by atoms with van der Waals surface area (Å²) < 4.78 is 0. The molecular weight excluding hydrogens is 267 g/mol. The van der Waals surface area contributed by atoms with Crippen molar-refractivity contribution >= 4 is 24.8 Å². The first-order valence-electron chi connectivity index (χ1n) is 7.15. The van der Waals surface area contributed by atoms with E-state index < -0.39 is 0 Å². The highest BCUT2D eigenvalue weighted by Crippen LogP contribution is 2.71. The van der Waals surface area contributed by atoms with Crippen LogP contribution >= 0.6 is 24.8 Å². The number of nitrogens with two attached hydrogens (primary N) is 2. The molecule has 104 valence electrons. The lowest BCUT2D eigenvalue weighted by molar-refractivity contribution is -0.215. The van der Waals surface area contributed by atoms with Crippen LogP contribution < -0.4 is 11.5 Å². The Balaban J connectivity index is 0.000000500.